The van der Waals surface area contributed by atoms with E-state index in [0.29, 0.717) is 38.3 Å². The van der Waals surface area contributed by atoms with E-state index in [2.05, 4.69) is 27.3 Å². The highest BCUT2D eigenvalue weighted by Crippen LogP contribution is 2.41. The first-order chi connectivity index (χ1) is 20.4. The molecule has 0 bridgehead atoms. The van der Waals surface area contributed by atoms with Crippen LogP contribution in [0.5, 0.6) is 5.75 Å². The topological polar surface area (TPSA) is 91.3 Å². The summed E-state index contributed by atoms with van der Waals surface area (Å²) in [5, 5.41) is 14.8. The van der Waals surface area contributed by atoms with Crippen LogP contribution in [0.25, 0.3) is 10.9 Å². The summed E-state index contributed by atoms with van der Waals surface area (Å²) in [6.07, 6.45) is 6.58. The fraction of sp³-hybridized carbons (Fsp3) is 0.594. The summed E-state index contributed by atoms with van der Waals surface area (Å²) < 4.78 is 11.4. The van der Waals surface area contributed by atoms with Gasteiger partial charge in [0.25, 0.3) is 0 Å². The minimum atomic E-state index is -0.680. The zero-order chi connectivity index (χ0) is 29.1. The molecule has 0 spiro atoms. The standard InChI is InChI=1S/C32H43N5O4S/c1-32(39)10-15-35(16-11-32)28(38)21-25(26-22-42-31(34-26)37-17-19-41-20-18-37)23-6-4-13-36(14-9-23)30-27(40-2)8-7-24-5-3-12-33-29(24)30/h3,5,7-8,12,22-23,25,39H,4,6,9-11,13-21H2,1-2H3. The van der Waals surface area contributed by atoms with Gasteiger partial charge in [0.1, 0.15) is 11.4 Å². The maximum atomic E-state index is 13.7. The van der Waals surface area contributed by atoms with Gasteiger partial charge in [0.2, 0.25) is 5.91 Å². The molecule has 2 atom stereocenters. The minimum Gasteiger partial charge on any atom is -0.494 e. The summed E-state index contributed by atoms with van der Waals surface area (Å²) in [5.74, 6) is 1.42. The van der Waals surface area contributed by atoms with E-state index in [9.17, 15) is 9.90 Å². The summed E-state index contributed by atoms with van der Waals surface area (Å²) in [6, 6.07) is 8.19. The molecule has 1 aromatic carbocycles. The van der Waals surface area contributed by atoms with Gasteiger partial charge in [-0.05, 0) is 63.1 Å². The van der Waals surface area contributed by atoms with Crippen LogP contribution in [0, 0.1) is 5.92 Å². The number of morpholine rings is 1. The molecule has 3 saturated heterocycles. The van der Waals surface area contributed by atoms with Gasteiger partial charge >= 0.3 is 0 Å². The monoisotopic (exact) mass is 593 g/mol. The minimum absolute atomic E-state index is 0.0541. The van der Waals surface area contributed by atoms with Gasteiger partial charge in [-0.15, -0.1) is 11.3 Å². The molecule has 5 heterocycles. The third kappa shape index (κ3) is 6.35. The molecule has 2 unspecified atom stereocenters. The van der Waals surface area contributed by atoms with Crippen molar-refractivity contribution < 1.29 is 19.4 Å². The average Bonchev–Trinajstić information content (AvgIpc) is 3.38. The molecule has 226 valence electrons. The number of hydrogen-bond acceptors (Lipinski definition) is 9. The molecular formula is C32H43N5O4S. The number of aliphatic hydroxyl groups is 1. The highest BCUT2D eigenvalue weighted by Gasteiger charge is 2.35. The number of aromatic nitrogens is 2. The van der Waals surface area contributed by atoms with Crippen LogP contribution in [-0.2, 0) is 9.53 Å². The van der Waals surface area contributed by atoms with Gasteiger partial charge in [0.15, 0.2) is 5.13 Å². The highest BCUT2D eigenvalue weighted by molar-refractivity contribution is 7.13. The lowest BCUT2D eigenvalue weighted by Gasteiger charge is -2.37. The predicted molar refractivity (Wildman–Crippen MR) is 167 cm³/mol. The molecule has 0 radical (unpaired) electrons. The van der Waals surface area contributed by atoms with Crippen LogP contribution in [0.15, 0.2) is 35.8 Å². The Morgan fingerprint density at radius 3 is 2.71 bits per heavy atom. The lowest BCUT2D eigenvalue weighted by molar-refractivity contribution is -0.135. The number of benzene rings is 1. The Morgan fingerprint density at radius 1 is 1.12 bits per heavy atom. The zero-order valence-corrected chi connectivity index (χ0v) is 25.7. The molecule has 6 rings (SSSR count). The predicted octanol–water partition coefficient (Wildman–Crippen LogP) is 4.69. The van der Waals surface area contributed by atoms with Crippen LogP contribution in [0.1, 0.15) is 57.1 Å². The molecule has 3 aromatic rings. The van der Waals surface area contributed by atoms with Crippen molar-refractivity contribution in [1.29, 1.82) is 0 Å². The molecule has 3 fully saturated rings. The molecule has 0 saturated carbocycles. The van der Waals surface area contributed by atoms with Crippen molar-refractivity contribution in [3.63, 3.8) is 0 Å². The number of methoxy groups -OCH3 is 1. The van der Waals surface area contributed by atoms with Gasteiger partial charge in [-0.1, -0.05) is 6.07 Å². The van der Waals surface area contributed by atoms with Crippen molar-refractivity contribution in [2.75, 3.05) is 69.4 Å². The third-order valence-corrected chi connectivity index (χ3v) is 10.3. The van der Waals surface area contributed by atoms with E-state index >= 15 is 0 Å². The van der Waals surface area contributed by atoms with Crippen molar-refractivity contribution in [2.45, 2.75) is 57.0 Å². The Kier molecular flexibility index (Phi) is 8.83. The quantitative estimate of drug-likeness (QED) is 0.422. The van der Waals surface area contributed by atoms with Crippen molar-refractivity contribution in [3.8, 4) is 5.75 Å². The molecule has 9 nitrogen and oxygen atoms in total. The molecule has 42 heavy (non-hydrogen) atoms. The number of piperidine rings is 1. The fourth-order valence-corrected chi connectivity index (χ4v) is 7.69. The van der Waals surface area contributed by atoms with Gasteiger partial charge in [0.05, 0.1) is 37.1 Å². The SMILES string of the molecule is COc1ccc2cccnc2c1N1CCCC(C(CC(=O)N2CCC(C)(O)CC2)c2csc(N3CCOCC3)n2)CC1. The Bertz CT molecular complexity index is 1360. The van der Waals surface area contributed by atoms with E-state index in [0.717, 1.165) is 91.8 Å². The first kappa shape index (κ1) is 29.1. The second kappa shape index (κ2) is 12.7. The molecule has 10 heteroatoms. The van der Waals surface area contributed by atoms with Crippen molar-refractivity contribution >= 4 is 39.0 Å². The number of pyridine rings is 1. The summed E-state index contributed by atoms with van der Waals surface area (Å²) in [5.41, 5.74) is 2.40. The van der Waals surface area contributed by atoms with Gasteiger partial charge < -0.3 is 29.3 Å². The second-order valence-electron chi connectivity index (χ2n) is 12.2. The first-order valence-corrected chi connectivity index (χ1v) is 16.2. The summed E-state index contributed by atoms with van der Waals surface area (Å²) >= 11 is 1.69. The third-order valence-electron chi connectivity index (χ3n) is 9.35. The van der Waals surface area contributed by atoms with Crippen LogP contribution in [0.2, 0.25) is 0 Å². The molecule has 3 aliphatic heterocycles. The van der Waals surface area contributed by atoms with Crippen LogP contribution in [0.4, 0.5) is 10.8 Å². The number of anilines is 2. The van der Waals surface area contributed by atoms with E-state index in [1.807, 2.05) is 30.2 Å². The number of thiazole rings is 1. The molecule has 0 aliphatic carbocycles. The number of carbonyl (C=O) groups is 1. The maximum absolute atomic E-state index is 13.7. The zero-order valence-electron chi connectivity index (χ0n) is 24.8. The summed E-state index contributed by atoms with van der Waals surface area (Å²) in [6.45, 7) is 8.03. The lowest BCUT2D eigenvalue weighted by Crippen LogP contribution is -2.45. The number of ether oxygens (including phenoxy) is 2. The van der Waals surface area contributed by atoms with Crippen LogP contribution >= 0.6 is 11.3 Å². The van der Waals surface area contributed by atoms with Gasteiger partial charge in [-0.2, -0.15) is 0 Å². The number of fused-ring (bicyclic) bond motifs is 1. The molecule has 1 amide bonds. The number of carbonyl (C=O) groups excluding carboxylic acids is 1. The van der Waals surface area contributed by atoms with Crippen LogP contribution < -0.4 is 14.5 Å². The second-order valence-corrected chi connectivity index (χ2v) is 13.0. The summed E-state index contributed by atoms with van der Waals surface area (Å²) in [4.78, 5) is 30.3. The number of hydrogen-bond donors (Lipinski definition) is 1. The molecular weight excluding hydrogens is 550 g/mol. The van der Waals surface area contributed by atoms with Crippen molar-refractivity contribution in [2.24, 2.45) is 5.92 Å². The Morgan fingerprint density at radius 2 is 1.93 bits per heavy atom. The van der Waals surface area contributed by atoms with E-state index in [1.54, 1.807) is 18.4 Å². The Labute approximate surface area is 252 Å². The van der Waals surface area contributed by atoms with Gasteiger partial charge in [-0.3, -0.25) is 9.78 Å². The molecule has 2 aromatic heterocycles. The summed E-state index contributed by atoms with van der Waals surface area (Å²) in [7, 11) is 1.73. The first-order valence-electron chi connectivity index (χ1n) is 15.4. The average molecular weight is 594 g/mol. The van der Waals surface area contributed by atoms with E-state index < -0.39 is 5.60 Å². The largest absolute Gasteiger partial charge is 0.494 e. The molecule has 3 aliphatic rings. The number of likely N-dealkylation sites (tertiary alicyclic amines) is 1. The lowest BCUT2D eigenvalue weighted by atomic mass is 9.81. The Hall–Kier alpha value is -2.95. The van der Waals surface area contributed by atoms with E-state index in [4.69, 9.17) is 19.4 Å². The highest BCUT2D eigenvalue weighted by atomic mass is 32.1. The van der Waals surface area contributed by atoms with Crippen molar-refractivity contribution in [1.82, 2.24) is 14.9 Å². The smallest absolute Gasteiger partial charge is 0.223 e. The number of rotatable bonds is 7. The maximum Gasteiger partial charge on any atom is 0.223 e. The van der Waals surface area contributed by atoms with E-state index in [1.165, 1.54) is 0 Å². The number of nitrogens with zero attached hydrogens (tertiary/aromatic N) is 5. The van der Waals surface area contributed by atoms with E-state index in [-0.39, 0.29) is 11.8 Å². The normalized spacial score (nSPS) is 22.2. The number of amides is 1. The van der Waals surface area contributed by atoms with Gasteiger partial charge in [-0.25, -0.2) is 4.98 Å². The van der Waals surface area contributed by atoms with Gasteiger partial charge in [0, 0.05) is 68.6 Å². The molecule has 1 N–H and O–H groups in total. The van der Waals surface area contributed by atoms with Crippen LogP contribution in [0.3, 0.4) is 0 Å². The Balaban J connectivity index is 1.24. The van der Waals surface area contributed by atoms with Crippen molar-refractivity contribution in [3.05, 3.63) is 41.5 Å². The fourth-order valence-electron chi connectivity index (χ4n) is 6.74. The van der Waals surface area contributed by atoms with Crippen LogP contribution in [-0.4, -0.2) is 91.1 Å².